The maximum Gasteiger partial charge on any atom is 0.539 e. The van der Waals surface area contributed by atoms with Crippen LogP contribution in [0.2, 0.25) is 0 Å². The Morgan fingerprint density at radius 3 is 1.81 bits per heavy atom. The third-order valence-electron chi connectivity index (χ3n) is 3.36. The molecule has 0 aliphatic rings. The molecule has 0 aromatic carbocycles. The van der Waals surface area contributed by atoms with Gasteiger partial charge < -0.3 is 18.0 Å². The molecule has 0 aliphatic carbocycles. The predicted octanol–water partition coefficient (Wildman–Crippen LogP) is 3.04. The SMILES string of the molecule is CO[Si](COC(=O)CCCCCCCCCF)(OC)OC. The second kappa shape index (κ2) is 13.2. The molecule has 7 heteroatoms. The summed E-state index contributed by atoms with van der Waals surface area (Å²) in [5, 5.41) is 0. The Balaban J connectivity index is 3.58. The van der Waals surface area contributed by atoms with E-state index < -0.39 is 8.80 Å². The summed E-state index contributed by atoms with van der Waals surface area (Å²) in [4.78, 5) is 11.6. The molecule has 0 fully saturated rings. The molecule has 0 saturated carbocycles. The summed E-state index contributed by atoms with van der Waals surface area (Å²) in [7, 11) is 1.62. The summed E-state index contributed by atoms with van der Waals surface area (Å²) < 4.78 is 32.5. The summed E-state index contributed by atoms with van der Waals surface area (Å²) in [6, 6.07) is 0. The molecule has 0 radical (unpaired) electrons. The molecule has 0 unspecified atom stereocenters. The molecule has 0 rings (SSSR count). The van der Waals surface area contributed by atoms with Gasteiger partial charge in [-0.05, 0) is 12.8 Å². The van der Waals surface area contributed by atoms with Crippen LogP contribution in [-0.4, -0.2) is 49.0 Å². The van der Waals surface area contributed by atoms with E-state index in [9.17, 15) is 9.18 Å². The predicted molar refractivity (Wildman–Crippen MR) is 80.7 cm³/mol. The molecular weight excluding hydrogens is 295 g/mol. The fourth-order valence-electron chi connectivity index (χ4n) is 1.92. The van der Waals surface area contributed by atoms with Crippen LogP contribution in [-0.2, 0) is 22.8 Å². The number of hydrogen-bond donors (Lipinski definition) is 0. The molecule has 0 saturated heterocycles. The van der Waals surface area contributed by atoms with Crippen LogP contribution in [0.25, 0.3) is 0 Å². The second-order valence-corrected chi connectivity index (χ2v) is 7.75. The van der Waals surface area contributed by atoms with E-state index in [1.165, 1.54) is 21.3 Å². The quantitative estimate of drug-likeness (QED) is 0.279. The topological polar surface area (TPSA) is 54.0 Å². The zero-order valence-electron chi connectivity index (χ0n) is 13.5. The van der Waals surface area contributed by atoms with E-state index in [0.29, 0.717) is 12.8 Å². The van der Waals surface area contributed by atoms with Gasteiger partial charge in [-0.3, -0.25) is 9.18 Å². The van der Waals surface area contributed by atoms with Gasteiger partial charge in [-0.2, -0.15) is 0 Å². The highest BCUT2D eigenvalue weighted by atomic mass is 28.4. The molecule has 0 spiro atoms. The minimum atomic E-state index is -2.83. The lowest BCUT2D eigenvalue weighted by Gasteiger charge is -2.23. The number of carbonyl (C=O) groups is 1. The van der Waals surface area contributed by atoms with Crippen LogP contribution in [0.4, 0.5) is 4.39 Å². The van der Waals surface area contributed by atoms with Crippen LogP contribution in [0.15, 0.2) is 0 Å². The van der Waals surface area contributed by atoms with Crippen molar-refractivity contribution in [2.24, 2.45) is 0 Å². The van der Waals surface area contributed by atoms with Gasteiger partial charge in [-0.15, -0.1) is 0 Å². The van der Waals surface area contributed by atoms with Crippen LogP contribution >= 0.6 is 0 Å². The first-order chi connectivity index (χ1) is 10.1. The maximum atomic E-state index is 11.9. The first-order valence-electron chi connectivity index (χ1n) is 7.51. The highest BCUT2D eigenvalue weighted by Gasteiger charge is 2.40. The zero-order chi connectivity index (χ0) is 16.0. The van der Waals surface area contributed by atoms with Crippen molar-refractivity contribution in [2.45, 2.75) is 51.4 Å². The Morgan fingerprint density at radius 1 is 0.857 bits per heavy atom. The van der Waals surface area contributed by atoms with Gasteiger partial charge in [0.1, 0.15) is 0 Å². The number of ether oxygens (including phenoxy) is 1. The first kappa shape index (κ1) is 20.5. The van der Waals surface area contributed by atoms with Crippen molar-refractivity contribution in [2.75, 3.05) is 34.2 Å². The molecule has 0 amide bonds. The summed E-state index contributed by atoms with van der Waals surface area (Å²) in [6.45, 7) is -0.221. The minimum Gasteiger partial charge on any atom is -0.461 e. The van der Waals surface area contributed by atoms with E-state index in [4.69, 9.17) is 18.0 Å². The Labute approximate surface area is 128 Å². The van der Waals surface area contributed by atoms with Gasteiger partial charge in [-0.1, -0.05) is 32.1 Å². The number of hydrogen-bond acceptors (Lipinski definition) is 5. The van der Waals surface area contributed by atoms with Crippen LogP contribution in [0, 0.1) is 0 Å². The number of rotatable bonds is 14. The lowest BCUT2D eigenvalue weighted by molar-refractivity contribution is -0.143. The third-order valence-corrected chi connectivity index (χ3v) is 5.72. The molecule has 5 nitrogen and oxygen atoms in total. The molecule has 0 aromatic heterocycles. The highest BCUT2D eigenvalue weighted by molar-refractivity contribution is 6.60. The van der Waals surface area contributed by atoms with Gasteiger partial charge in [-0.25, -0.2) is 0 Å². The second-order valence-electron chi connectivity index (χ2n) is 4.87. The minimum absolute atomic E-state index is 0.0402. The molecule has 21 heavy (non-hydrogen) atoms. The third kappa shape index (κ3) is 9.95. The van der Waals surface area contributed by atoms with Crippen molar-refractivity contribution in [3.8, 4) is 0 Å². The Bertz CT molecular complexity index is 253. The average Bonchev–Trinajstić information content (AvgIpc) is 2.52. The van der Waals surface area contributed by atoms with Gasteiger partial charge in [0.15, 0.2) is 6.23 Å². The molecule has 0 bridgehead atoms. The maximum absolute atomic E-state index is 11.9. The van der Waals surface area contributed by atoms with Crippen LogP contribution in [0.5, 0.6) is 0 Å². The van der Waals surface area contributed by atoms with Crippen molar-refractivity contribution < 1.29 is 27.2 Å². The van der Waals surface area contributed by atoms with E-state index in [0.717, 1.165) is 38.5 Å². The number of carbonyl (C=O) groups excluding carboxylic acids is 1. The van der Waals surface area contributed by atoms with E-state index in [1.54, 1.807) is 0 Å². The Morgan fingerprint density at radius 2 is 1.33 bits per heavy atom. The van der Waals surface area contributed by atoms with Gasteiger partial charge in [0, 0.05) is 27.8 Å². The van der Waals surface area contributed by atoms with Gasteiger partial charge >= 0.3 is 14.8 Å². The summed E-state index contributed by atoms with van der Waals surface area (Å²) >= 11 is 0. The average molecular weight is 324 g/mol. The smallest absolute Gasteiger partial charge is 0.461 e. The number of halogens is 1. The normalized spacial score (nSPS) is 11.6. The number of alkyl halides is 1. The van der Waals surface area contributed by atoms with E-state index >= 15 is 0 Å². The number of esters is 1. The van der Waals surface area contributed by atoms with Gasteiger partial charge in [0.05, 0.1) is 6.67 Å². The van der Waals surface area contributed by atoms with Crippen LogP contribution in [0.3, 0.4) is 0 Å². The molecule has 126 valence electrons. The van der Waals surface area contributed by atoms with E-state index in [2.05, 4.69) is 0 Å². The van der Waals surface area contributed by atoms with Crippen molar-refractivity contribution in [3.05, 3.63) is 0 Å². The standard InChI is InChI=1S/C14H29FO5Si/c1-17-21(18-2,19-3)13-20-14(16)11-9-7-5-4-6-8-10-12-15/h4-13H2,1-3H3. The van der Waals surface area contributed by atoms with Crippen molar-refractivity contribution in [1.29, 1.82) is 0 Å². The molecule has 0 heterocycles. The van der Waals surface area contributed by atoms with Gasteiger partial charge in [0.2, 0.25) is 0 Å². The first-order valence-corrected chi connectivity index (χ1v) is 9.44. The molecule has 0 aromatic rings. The van der Waals surface area contributed by atoms with E-state index in [1.807, 2.05) is 0 Å². The molecule has 0 N–H and O–H groups in total. The Kier molecular flexibility index (Phi) is 12.9. The van der Waals surface area contributed by atoms with E-state index in [-0.39, 0.29) is 18.9 Å². The fraction of sp³-hybridized carbons (Fsp3) is 0.929. The summed E-state index contributed by atoms with van der Waals surface area (Å²) in [5.74, 6) is -0.254. The lowest BCUT2D eigenvalue weighted by atomic mass is 10.1. The lowest BCUT2D eigenvalue weighted by Crippen LogP contribution is -2.48. The summed E-state index contributed by atoms with van der Waals surface area (Å²) in [6.07, 6.45) is 7.10. The van der Waals surface area contributed by atoms with Crippen molar-refractivity contribution in [1.82, 2.24) is 0 Å². The zero-order valence-corrected chi connectivity index (χ0v) is 14.5. The highest BCUT2D eigenvalue weighted by Crippen LogP contribution is 2.11. The largest absolute Gasteiger partial charge is 0.539 e. The van der Waals surface area contributed by atoms with Crippen LogP contribution < -0.4 is 0 Å². The van der Waals surface area contributed by atoms with Gasteiger partial charge in [0.25, 0.3) is 0 Å². The van der Waals surface area contributed by atoms with Crippen LogP contribution in [0.1, 0.15) is 51.4 Å². The summed E-state index contributed by atoms with van der Waals surface area (Å²) in [5.41, 5.74) is 0. The Hall–Kier alpha value is -0.503. The fourth-order valence-corrected chi connectivity index (χ4v) is 3.11. The van der Waals surface area contributed by atoms with Crippen molar-refractivity contribution in [3.63, 3.8) is 0 Å². The number of unbranched alkanes of at least 4 members (excludes halogenated alkanes) is 6. The molecule has 0 aliphatic heterocycles. The van der Waals surface area contributed by atoms with Crippen molar-refractivity contribution >= 4 is 14.8 Å². The monoisotopic (exact) mass is 324 g/mol. The molecule has 0 atom stereocenters. The molecular formula is C14H29FO5Si.